The first-order chi connectivity index (χ1) is 10.8. The summed E-state index contributed by atoms with van der Waals surface area (Å²) in [6.07, 6.45) is -0.385. The standard InChI is InChI=1S/C19H14O3/c1-21-13-9-10-16-17(11-13)18(22-19(16)20)15-8-4-6-12-5-2-3-7-14(12)15/h2-11,18H,1H3/t18-/m1/s1. The van der Waals surface area contributed by atoms with E-state index in [0.29, 0.717) is 5.56 Å². The summed E-state index contributed by atoms with van der Waals surface area (Å²) < 4.78 is 10.9. The van der Waals surface area contributed by atoms with Crippen molar-refractivity contribution >= 4 is 16.7 Å². The Morgan fingerprint density at radius 2 is 1.77 bits per heavy atom. The number of methoxy groups -OCH3 is 1. The van der Waals surface area contributed by atoms with E-state index >= 15 is 0 Å². The second-order valence-electron chi connectivity index (χ2n) is 5.31. The largest absolute Gasteiger partial charge is 0.497 e. The molecule has 0 aliphatic carbocycles. The highest BCUT2D eigenvalue weighted by atomic mass is 16.5. The first-order valence-electron chi connectivity index (χ1n) is 7.14. The molecule has 0 amide bonds. The molecule has 1 aliphatic rings. The van der Waals surface area contributed by atoms with Crippen LogP contribution in [0.15, 0.2) is 60.7 Å². The lowest BCUT2D eigenvalue weighted by atomic mass is 9.94. The second kappa shape index (κ2) is 4.88. The number of cyclic esters (lactones) is 1. The van der Waals surface area contributed by atoms with Crippen molar-refractivity contribution in [2.75, 3.05) is 7.11 Å². The van der Waals surface area contributed by atoms with Gasteiger partial charge in [0.25, 0.3) is 0 Å². The number of ether oxygens (including phenoxy) is 2. The van der Waals surface area contributed by atoms with Crippen LogP contribution in [0.4, 0.5) is 0 Å². The van der Waals surface area contributed by atoms with Gasteiger partial charge >= 0.3 is 5.97 Å². The zero-order valence-corrected chi connectivity index (χ0v) is 12.1. The monoisotopic (exact) mass is 290 g/mol. The Kier molecular flexibility index (Phi) is 2.86. The van der Waals surface area contributed by atoms with Crippen molar-refractivity contribution in [3.8, 4) is 5.75 Å². The molecule has 0 unspecified atom stereocenters. The first kappa shape index (κ1) is 12.9. The lowest BCUT2D eigenvalue weighted by molar-refractivity contribution is 0.0458. The Hall–Kier alpha value is -2.81. The summed E-state index contributed by atoms with van der Waals surface area (Å²) in [5.41, 5.74) is 2.47. The van der Waals surface area contributed by atoms with Gasteiger partial charge in [-0.25, -0.2) is 4.79 Å². The van der Waals surface area contributed by atoms with Gasteiger partial charge in [0.05, 0.1) is 12.7 Å². The van der Waals surface area contributed by atoms with Gasteiger partial charge < -0.3 is 9.47 Å². The molecule has 0 radical (unpaired) electrons. The average molecular weight is 290 g/mol. The smallest absolute Gasteiger partial charge is 0.339 e. The molecule has 0 saturated carbocycles. The fourth-order valence-corrected chi connectivity index (χ4v) is 3.01. The summed E-state index contributed by atoms with van der Waals surface area (Å²) in [7, 11) is 1.62. The zero-order chi connectivity index (χ0) is 15.1. The number of carbonyl (C=O) groups is 1. The van der Waals surface area contributed by atoms with Crippen LogP contribution in [0.25, 0.3) is 10.8 Å². The van der Waals surface area contributed by atoms with Crippen LogP contribution in [-0.4, -0.2) is 13.1 Å². The quantitative estimate of drug-likeness (QED) is 0.666. The molecular formula is C19H14O3. The third-order valence-electron chi connectivity index (χ3n) is 4.09. The SMILES string of the molecule is COc1ccc2c(c1)[C@@H](c1cccc3ccccc13)OC2=O. The molecule has 3 aromatic rings. The maximum Gasteiger partial charge on any atom is 0.339 e. The van der Waals surface area contributed by atoms with Crippen LogP contribution in [0.1, 0.15) is 27.6 Å². The molecule has 108 valence electrons. The summed E-state index contributed by atoms with van der Waals surface area (Å²) in [6, 6.07) is 19.6. The Labute approximate surface area is 128 Å². The van der Waals surface area contributed by atoms with E-state index in [1.165, 1.54) is 0 Å². The molecule has 3 heteroatoms. The average Bonchev–Trinajstić information content (AvgIpc) is 2.90. The highest BCUT2D eigenvalue weighted by Crippen LogP contribution is 2.40. The van der Waals surface area contributed by atoms with E-state index in [-0.39, 0.29) is 12.1 Å². The van der Waals surface area contributed by atoms with Crippen molar-refractivity contribution in [2.45, 2.75) is 6.10 Å². The maximum absolute atomic E-state index is 12.1. The molecule has 3 nitrogen and oxygen atoms in total. The van der Waals surface area contributed by atoms with Crippen LogP contribution in [0.2, 0.25) is 0 Å². The molecule has 0 bridgehead atoms. The van der Waals surface area contributed by atoms with Crippen LogP contribution in [-0.2, 0) is 4.74 Å². The second-order valence-corrected chi connectivity index (χ2v) is 5.31. The fraction of sp³-hybridized carbons (Fsp3) is 0.105. The van der Waals surface area contributed by atoms with Crippen LogP contribution >= 0.6 is 0 Å². The van der Waals surface area contributed by atoms with E-state index in [0.717, 1.165) is 27.6 Å². The molecule has 0 N–H and O–H groups in total. The molecule has 0 aromatic heterocycles. The van der Waals surface area contributed by atoms with Gasteiger partial charge in [-0.3, -0.25) is 0 Å². The van der Waals surface area contributed by atoms with Crippen molar-refractivity contribution in [3.63, 3.8) is 0 Å². The molecular weight excluding hydrogens is 276 g/mol. The normalized spacial score (nSPS) is 16.4. The van der Waals surface area contributed by atoms with Gasteiger partial charge in [0.15, 0.2) is 6.10 Å². The topological polar surface area (TPSA) is 35.5 Å². The van der Waals surface area contributed by atoms with E-state index in [2.05, 4.69) is 18.2 Å². The van der Waals surface area contributed by atoms with E-state index in [1.54, 1.807) is 19.2 Å². The lowest BCUT2D eigenvalue weighted by Crippen LogP contribution is -2.01. The molecule has 22 heavy (non-hydrogen) atoms. The molecule has 4 rings (SSSR count). The van der Waals surface area contributed by atoms with Crippen molar-refractivity contribution in [1.82, 2.24) is 0 Å². The van der Waals surface area contributed by atoms with Gasteiger partial charge in [-0.2, -0.15) is 0 Å². The van der Waals surface area contributed by atoms with Crippen molar-refractivity contribution in [3.05, 3.63) is 77.4 Å². The van der Waals surface area contributed by atoms with Crippen molar-refractivity contribution < 1.29 is 14.3 Å². The van der Waals surface area contributed by atoms with E-state index in [4.69, 9.17) is 9.47 Å². The van der Waals surface area contributed by atoms with Gasteiger partial charge in [0.1, 0.15) is 5.75 Å². The van der Waals surface area contributed by atoms with E-state index < -0.39 is 0 Å². The Morgan fingerprint density at radius 3 is 2.64 bits per heavy atom. The van der Waals surface area contributed by atoms with Crippen molar-refractivity contribution in [2.24, 2.45) is 0 Å². The van der Waals surface area contributed by atoms with E-state index in [1.807, 2.05) is 30.3 Å². The molecule has 0 saturated heterocycles. The molecule has 1 heterocycles. The Balaban J connectivity index is 1.93. The minimum atomic E-state index is -0.385. The summed E-state index contributed by atoms with van der Waals surface area (Å²) >= 11 is 0. The first-order valence-corrected chi connectivity index (χ1v) is 7.14. The number of hydrogen-bond acceptors (Lipinski definition) is 3. The molecule has 0 fully saturated rings. The van der Waals surface area contributed by atoms with Crippen molar-refractivity contribution in [1.29, 1.82) is 0 Å². The minimum absolute atomic E-state index is 0.282. The predicted molar refractivity (Wildman–Crippen MR) is 84.2 cm³/mol. The van der Waals surface area contributed by atoms with Gasteiger partial charge in [-0.1, -0.05) is 42.5 Å². The molecule has 3 aromatic carbocycles. The predicted octanol–water partition coefficient (Wildman–Crippen LogP) is 4.11. The number of benzene rings is 3. The third-order valence-corrected chi connectivity index (χ3v) is 4.09. The summed E-state index contributed by atoms with van der Waals surface area (Å²) in [6.45, 7) is 0. The molecule has 0 spiro atoms. The van der Waals surface area contributed by atoms with Crippen LogP contribution in [0, 0.1) is 0 Å². The minimum Gasteiger partial charge on any atom is -0.497 e. The van der Waals surface area contributed by atoms with Gasteiger partial charge in [-0.15, -0.1) is 0 Å². The number of rotatable bonds is 2. The maximum atomic E-state index is 12.1. The Morgan fingerprint density at radius 1 is 0.955 bits per heavy atom. The third kappa shape index (κ3) is 1.86. The van der Waals surface area contributed by atoms with Crippen LogP contribution in [0.5, 0.6) is 5.75 Å². The lowest BCUT2D eigenvalue weighted by Gasteiger charge is -2.14. The Bertz CT molecular complexity index is 877. The van der Waals surface area contributed by atoms with Gasteiger partial charge in [0, 0.05) is 11.1 Å². The fourth-order valence-electron chi connectivity index (χ4n) is 3.01. The van der Waals surface area contributed by atoms with E-state index in [9.17, 15) is 4.79 Å². The van der Waals surface area contributed by atoms with Crippen LogP contribution < -0.4 is 4.74 Å². The highest BCUT2D eigenvalue weighted by molar-refractivity contribution is 5.96. The number of fused-ring (bicyclic) bond motifs is 2. The number of esters is 1. The number of carbonyl (C=O) groups excluding carboxylic acids is 1. The number of hydrogen-bond donors (Lipinski definition) is 0. The highest BCUT2D eigenvalue weighted by Gasteiger charge is 2.33. The summed E-state index contributed by atoms with van der Waals surface area (Å²) in [5, 5.41) is 2.23. The summed E-state index contributed by atoms with van der Waals surface area (Å²) in [5.74, 6) is 0.442. The summed E-state index contributed by atoms with van der Waals surface area (Å²) in [4.78, 5) is 12.1. The molecule has 1 atom stereocenters. The van der Waals surface area contributed by atoms with Crippen LogP contribution in [0.3, 0.4) is 0 Å². The molecule has 1 aliphatic heterocycles. The van der Waals surface area contributed by atoms with Gasteiger partial charge in [0.2, 0.25) is 0 Å². The van der Waals surface area contributed by atoms with Gasteiger partial charge in [-0.05, 0) is 29.0 Å². The zero-order valence-electron chi connectivity index (χ0n) is 12.1.